The number of hydrogen-bond acceptors (Lipinski definition) is 3. The highest BCUT2D eigenvalue weighted by Gasteiger charge is 2.22. The van der Waals surface area contributed by atoms with Crippen LogP contribution < -0.4 is 5.73 Å². The van der Waals surface area contributed by atoms with E-state index in [1.54, 1.807) is 0 Å². The van der Waals surface area contributed by atoms with Gasteiger partial charge in [0, 0.05) is 29.6 Å². The lowest BCUT2D eigenvalue weighted by molar-refractivity contribution is -0.142. The summed E-state index contributed by atoms with van der Waals surface area (Å²) < 4.78 is 7.11. The van der Waals surface area contributed by atoms with Crippen molar-refractivity contribution in [2.24, 2.45) is 5.73 Å². The Bertz CT molecular complexity index is 641. The maximum Gasteiger partial charge on any atom is 0.322 e. The van der Waals surface area contributed by atoms with Crippen LogP contribution in [0.3, 0.4) is 0 Å². The van der Waals surface area contributed by atoms with E-state index in [2.05, 4.69) is 29.0 Å². The Morgan fingerprint density at radius 3 is 2.81 bits per heavy atom. The van der Waals surface area contributed by atoms with Crippen LogP contribution in [0.4, 0.5) is 0 Å². The van der Waals surface area contributed by atoms with Crippen LogP contribution in [0.5, 0.6) is 0 Å². The van der Waals surface area contributed by atoms with Gasteiger partial charge in [-0.05, 0) is 24.5 Å². The van der Waals surface area contributed by atoms with E-state index >= 15 is 0 Å². The van der Waals surface area contributed by atoms with E-state index < -0.39 is 6.04 Å². The molecule has 2 N–H and O–H groups in total. The lowest BCUT2D eigenvalue weighted by Gasteiger charge is -2.13. The van der Waals surface area contributed by atoms with E-state index in [1.165, 1.54) is 43.7 Å². The molecule has 1 atom stereocenters. The fourth-order valence-electron chi connectivity index (χ4n) is 3.40. The molecule has 0 spiro atoms. The van der Waals surface area contributed by atoms with Gasteiger partial charge < -0.3 is 15.0 Å². The Kier molecular flexibility index (Phi) is 3.97. The molecule has 1 aliphatic carbocycles. The van der Waals surface area contributed by atoms with Crippen LogP contribution in [-0.4, -0.2) is 23.7 Å². The van der Waals surface area contributed by atoms with Gasteiger partial charge in [-0.15, -0.1) is 0 Å². The first-order valence-electron chi connectivity index (χ1n) is 7.62. The van der Waals surface area contributed by atoms with Gasteiger partial charge in [0.1, 0.15) is 6.04 Å². The average molecular weight is 286 g/mol. The molecule has 0 saturated heterocycles. The number of nitrogens with two attached hydrogens (primary N) is 1. The lowest BCUT2D eigenvalue weighted by atomic mass is 10.1. The highest BCUT2D eigenvalue weighted by Crippen LogP contribution is 2.34. The molecule has 4 nitrogen and oxygen atoms in total. The molecule has 2 aromatic rings. The summed E-state index contributed by atoms with van der Waals surface area (Å²) in [6, 6.07) is 8.35. The van der Waals surface area contributed by atoms with Gasteiger partial charge in [-0.1, -0.05) is 31.0 Å². The third kappa shape index (κ3) is 2.68. The molecule has 3 rings (SSSR count). The zero-order chi connectivity index (χ0) is 14.8. The molecule has 0 radical (unpaired) electrons. The zero-order valence-corrected chi connectivity index (χ0v) is 12.4. The van der Waals surface area contributed by atoms with Gasteiger partial charge in [0.15, 0.2) is 0 Å². The topological polar surface area (TPSA) is 57.2 Å². The van der Waals surface area contributed by atoms with Crippen molar-refractivity contribution < 1.29 is 9.53 Å². The van der Waals surface area contributed by atoms with Crippen LogP contribution in [0.15, 0.2) is 30.5 Å². The molecule has 4 heteroatoms. The summed E-state index contributed by atoms with van der Waals surface area (Å²) in [6.45, 7) is 0. The summed E-state index contributed by atoms with van der Waals surface area (Å²) in [6.07, 6.45) is 7.78. The number of methoxy groups -OCH3 is 1. The number of carbonyl (C=O) groups excluding carboxylic acids is 1. The number of carbonyl (C=O) groups is 1. The largest absolute Gasteiger partial charge is 0.468 e. The van der Waals surface area contributed by atoms with Gasteiger partial charge in [0.25, 0.3) is 0 Å². The number of nitrogens with zero attached hydrogens (tertiary/aromatic N) is 1. The molecule has 1 fully saturated rings. The minimum absolute atomic E-state index is 0.354. The number of ether oxygens (including phenoxy) is 1. The molecule has 1 saturated carbocycles. The molecule has 21 heavy (non-hydrogen) atoms. The first-order chi connectivity index (χ1) is 10.2. The SMILES string of the molecule is COC(=O)C(N)Cc1cn(C2CCCC2)c2ccccc12. The predicted octanol–water partition coefficient (Wildman–Crippen LogP) is 2.80. The predicted molar refractivity (Wildman–Crippen MR) is 83.1 cm³/mol. The molecule has 0 bridgehead atoms. The van der Waals surface area contributed by atoms with Crippen molar-refractivity contribution in [2.75, 3.05) is 7.11 Å². The number of para-hydroxylation sites is 1. The summed E-state index contributed by atoms with van der Waals surface area (Å²) in [7, 11) is 1.38. The molecule has 1 unspecified atom stereocenters. The Hall–Kier alpha value is -1.81. The molecular formula is C17H22N2O2. The highest BCUT2D eigenvalue weighted by molar-refractivity contribution is 5.85. The van der Waals surface area contributed by atoms with Gasteiger partial charge in [-0.25, -0.2) is 0 Å². The van der Waals surface area contributed by atoms with E-state index in [4.69, 9.17) is 10.5 Å². The monoisotopic (exact) mass is 286 g/mol. The van der Waals surface area contributed by atoms with Gasteiger partial charge in [0.2, 0.25) is 0 Å². The van der Waals surface area contributed by atoms with Gasteiger partial charge in [0.05, 0.1) is 7.11 Å². The van der Waals surface area contributed by atoms with Crippen LogP contribution >= 0.6 is 0 Å². The van der Waals surface area contributed by atoms with Crippen molar-refractivity contribution in [3.05, 3.63) is 36.0 Å². The molecule has 0 amide bonds. The fraction of sp³-hybridized carbons (Fsp3) is 0.471. The Balaban J connectivity index is 1.97. The van der Waals surface area contributed by atoms with Crippen LogP contribution in [0.2, 0.25) is 0 Å². The number of hydrogen-bond donors (Lipinski definition) is 1. The number of aromatic nitrogens is 1. The van der Waals surface area contributed by atoms with Crippen molar-refractivity contribution in [3.63, 3.8) is 0 Å². The van der Waals surface area contributed by atoms with E-state index in [1.807, 2.05) is 6.07 Å². The maximum atomic E-state index is 11.6. The summed E-state index contributed by atoms with van der Waals surface area (Å²) in [4.78, 5) is 11.6. The zero-order valence-electron chi connectivity index (χ0n) is 12.4. The number of rotatable bonds is 4. The van der Waals surface area contributed by atoms with Crippen LogP contribution in [-0.2, 0) is 16.0 Å². The second-order valence-corrected chi connectivity index (χ2v) is 5.85. The molecule has 1 aromatic heterocycles. The van der Waals surface area contributed by atoms with Gasteiger partial charge in [-0.2, -0.15) is 0 Å². The fourth-order valence-corrected chi connectivity index (χ4v) is 3.40. The lowest BCUT2D eigenvalue weighted by Crippen LogP contribution is -2.33. The summed E-state index contributed by atoms with van der Waals surface area (Å²) in [5.41, 5.74) is 8.31. The van der Waals surface area contributed by atoms with E-state index in [0.29, 0.717) is 12.5 Å². The minimum Gasteiger partial charge on any atom is -0.468 e. The molecular weight excluding hydrogens is 264 g/mol. The first kappa shape index (κ1) is 14.1. The molecule has 1 aliphatic rings. The Morgan fingerprint density at radius 1 is 1.38 bits per heavy atom. The normalized spacial score (nSPS) is 17.2. The van der Waals surface area contributed by atoms with Crippen LogP contribution in [0.1, 0.15) is 37.3 Å². The standard InChI is InChI=1S/C17H22N2O2/c1-21-17(20)15(18)10-12-11-19(13-6-2-3-7-13)16-9-5-4-8-14(12)16/h4-5,8-9,11,13,15H,2-3,6-7,10,18H2,1H3. The van der Waals surface area contributed by atoms with Crippen molar-refractivity contribution in [1.29, 1.82) is 0 Å². The van der Waals surface area contributed by atoms with Crippen molar-refractivity contribution >= 4 is 16.9 Å². The van der Waals surface area contributed by atoms with E-state index in [9.17, 15) is 4.79 Å². The van der Waals surface area contributed by atoms with Crippen molar-refractivity contribution in [1.82, 2.24) is 4.57 Å². The average Bonchev–Trinajstić information content (AvgIpc) is 3.14. The highest BCUT2D eigenvalue weighted by atomic mass is 16.5. The molecule has 0 aliphatic heterocycles. The summed E-state index contributed by atoms with van der Waals surface area (Å²) in [5.74, 6) is -0.354. The van der Waals surface area contributed by atoms with Gasteiger partial charge in [-0.3, -0.25) is 4.79 Å². The summed E-state index contributed by atoms with van der Waals surface area (Å²) in [5, 5.41) is 1.20. The molecule has 1 heterocycles. The van der Waals surface area contributed by atoms with Crippen molar-refractivity contribution in [2.45, 2.75) is 44.2 Å². The van der Waals surface area contributed by atoms with Gasteiger partial charge >= 0.3 is 5.97 Å². The minimum atomic E-state index is -0.599. The quantitative estimate of drug-likeness (QED) is 0.879. The third-order valence-corrected chi connectivity index (χ3v) is 4.48. The van der Waals surface area contributed by atoms with Crippen molar-refractivity contribution in [3.8, 4) is 0 Å². The third-order valence-electron chi connectivity index (χ3n) is 4.48. The second-order valence-electron chi connectivity index (χ2n) is 5.85. The Morgan fingerprint density at radius 2 is 2.10 bits per heavy atom. The molecule has 112 valence electrons. The maximum absolute atomic E-state index is 11.6. The van der Waals surface area contributed by atoms with Crippen LogP contribution in [0.25, 0.3) is 10.9 Å². The van der Waals surface area contributed by atoms with E-state index in [-0.39, 0.29) is 5.97 Å². The number of fused-ring (bicyclic) bond motifs is 1. The number of benzene rings is 1. The Labute approximate surface area is 124 Å². The smallest absolute Gasteiger partial charge is 0.322 e. The summed E-state index contributed by atoms with van der Waals surface area (Å²) >= 11 is 0. The molecule has 1 aromatic carbocycles. The van der Waals surface area contributed by atoms with E-state index in [0.717, 1.165) is 5.56 Å². The first-order valence-corrected chi connectivity index (χ1v) is 7.62. The number of esters is 1. The van der Waals surface area contributed by atoms with Crippen LogP contribution in [0, 0.1) is 0 Å². The second kappa shape index (κ2) is 5.90.